The van der Waals surface area contributed by atoms with Crippen LogP contribution in [-0.4, -0.2) is 17.0 Å². The van der Waals surface area contributed by atoms with E-state index in [9.17, 15) is 14.7 Å². The van der Waals surface area contributed by atoms with Gasteiger partial charge in [-0.1, -0.05) is 18.2 Å². The Labute approximate surface area is 113 Å². The van der Waals surface area contributed by atoms with Crippen LogP contribution >= 0.6 is 11.3 Å². The van der Waals surface area contributed by atoms with Crippen molar-refractivity contribution in [2.45, 2.75) is 6.04 Å². The Morgan fingerprint density at radius 2 is 1.95 bits per heavy atom. The number of aliphatic carboxylic acids is 1. The quantitative estimate of drug-likeness (QED) is 0.743. The van der Waals surface area contributed by atoms with Gasteiger partial charge in [-0.3, -0.25) is 4.79 Å². The van der Waals surface area contributed by atoms with Crippen LogP contribution in [0.1, 0.15) is 21.3 Å². The van der Waals surface area contributed by atoms with Crippen LogP contribution in [0, 0.1) is 0 Å². The van der Waals surface area contributed by atoms with E-state index in [1.54, 1.807) is 41.8 Å². The van der Waals surface area contributed by atoms with Crippen LogP contribution in [0.3, 0.4) is 0 Å². The molecule has 0 saturated carbocycles. The lowest BCUT2D eigenvalue weighted by atomic mass is 10.1. The van der Waals surface area contributed by atoms with E-state index in [1.807, 2.05) is 0 Å². The van der Waals surface area contributed by atoms with E-state index in [2.05, 4.69) is 5.32 Å². The monoisotopic (exact) mass is 276 g/mol. The summed E-state index contributed by atoms with van der Waals surface area (Å²) in [6.45, 7) is 0. The zero-order valence-electron chi connectivity index (χ0n) is 9.87. The third-order valence-electron chi connectivity index (χ3n) is 2.56. The Bertz CT molecular complexity index is 596. The SMILES string of the molecule is Nc1ccccc1C(=O)NC(C(=O)O)c1cccs1. The van der Waals surface area contributed by atoms with Crippen LogP contribution in [-0.2, 0) is 4.79 Å². The molecule has 0 radical (unpaired) electrons. The molecule has 1 heterocycles. The molecule has 4 N–H and O–H groups in total. The summed E-state index contributed by atoms with van der Waals surface area (Å²) in [5.74, 6) is -1.61. The molecule has 2 aromatic rings. The molecule has 1 atom stereocenters. The topological polar surface area (TPSA) is 92.4 Å². The van der Waals surface area contributed by atoms with E-state index < -0.39 is 17.9 Å². The van der Waals surface area contributed by atoms with Crippen LogP contribution < -0.4 is 11.1 Å². The molecular weight excluding hydrogens is 264 g/mol. The van der Waals surface area contributed by atoms with Crippen molar-refractivity contribution >= 4 is 28.9 Å². The van der Waals surface area contributed by atoms with Crippen molar-refractivity contribution in [1.29, 1.82) is 0 Å². The first-order chi connectivity index (χ1) is 9.09. The molecule has 5 nitrogen and oxygen atoms in total. The molecular formula is C13H12N2O3S. The van der Waals surface area contributed by atoms with Gasteiger partial charge in [-0.25, -0.2) is 4.79 Å². The molecule has 1 amide bonds. The predicted octanol–water partition coefficient (Wildman–Crippen LogP) is 1.89. The zero-order chi connectivity index (χ0) is 13.8. The molecule has 98 valence electrons. The zero-order valence-corrected chi connectivity index (χ0v) is 10.7. The summed E-state index contributed by atoms with van der Waals surface area (Å²) in [6, 6.07) is 8.86. The van der Waals surface area contributed by atoms with Crippen molar-refractivity contribution in [3.8, 4) is 0 Å². The Kier molecular flexibility index (Phi) is 3.82. The van der Waals surface area contributed by atoms with Crippen molar-refractivity contribution in [2.75, 3.05) is 5.73 Å². The first-order valence-corrected chi connectivity index (χ1v) is 6.39. The van der Waals surface area contributed by atoms with E-state index >= 15 is 0 Å². The summed E-state index contributed by atoms with van der Waals surface area (Å²) in [5.41, 5.74) is 6.27. The number of para-hydroxylation sites is 1. The van der Waals surface area contributed by atoms with Gasteiger partial charge in [0, 0.05) is 10.6 Å². The number of nitrogens with one attached hydrogen (secondary N) is 1. The van der Waals surface area contributed by atoms with Crippen molar-refractivity contribution in [1.82, 2.24) is 5.32 Å². The molecule has 0 saturated heterocycles. The van der Waals surface area contributed by atoms with Gasteiger partial charge >= 0.3 is 5.97 Å². The van der Waals surface area contributed by atoms with Crippen molar-refractivity contribution in [2.24, 2.45) is 0 Å². The molecule has 2 rings (SSSR count). The second-order valence-electron chi connectivity index (χ2n) is 3.85. The summed E-state index contributed by atoms with van der Waals surface area (Å²) in [4.78, 5) is 23.8. The Morgan fingerprint density at radius 3 is 2.53 bits per heavy atom. The van der Waals surface area contributed by atoms with Gasteiger partial charge in [0.05, 0.1) is 5.56 Å². The van der Waals surface area contributed by atoms with E-state index in [0.717, 1.165) is 0 Å². The van der Waals surface area contributed by atoms with Crippen LogP contribution in [0.2, 0.25) is 0 Å². The standard InChI is InChI=1S/C13H12N2O3S/c14-9-5-2-1-4-8(9)12(16)15-11(13(17)18)10-6-3-7-19-10/h1-7,11H,14H2,(H,15,16)(H,17,18). The number of hydrogen-bond donors (Lipinski definition) is 3. The maximum absolute atomic E-state index is 12.0. The Hall–Kier alpha value is -2.34. The number of nitrogen functional groups attached to an aromatic ring is 1. The first kappa shape index (κ1) is 13.1. The maximum Gasteiger partial charge on any atom is 0.331 e. The van der Waals surface area contributed by atoms with Gasteiger partial charge in [0.15, 0.2) is 6.04 Å². The highest BCUT2D eigenvalue weighted by Crippen LogP contribution is 2.20. The second-order valence-corrected chi connectivity index (χ2v) is 4.83. The van der Waals surface area contributed by atoms with Gasteiger partial charge in [-0.15, -0.1) is 11.3 Å². The summed E-state index contributed by atoms with van der Waals surface area (Å²) in [6.07, 6.45) is 0. The number of thiophene rings is 1. The van der Waals surface area contributed by atoms with E-state index in [1.165, 1.54) is 11.3 Å². The lowest BCUT2D eigenvalue weighted by molar-refractivity contribution is -0.139. The van der Waals surface area contributed by atoms with Gasteiger partial charge in [-0.2, -0.15) is 0 Å². The summed E-state index contributed by atoms with van der Waals surface area (Å²) >= 11 is 1.27. The first-order valence-electron chi connectivity index (χ1n) is 5.51. The molecule has 0 fully saturated rings. The predicted molar refractivity (Wildman–Crippen MR) is 73.0 cm³/mol. The number of carboxylic acids is 1. The minimum atomic E-state index is -1.11. The van der Waals surface area contributed by atoms with E-state index in [4.69, 9.17) is 5.73 Å². The summed E-state index contributed by atoms with van der Waals surface area (Å²) in [5, 5.41) is 13.4. The largest absolute Gasteiger partial charge is 0.479 e. The lowest BCUT2D eigenvalue weighted by Crippen LogP contribution is -2.33. The Balaban J connectivity index is 2.21. The fraction of sp³-hybridized carbons (Fsp3) is 0.0769. The molecule has 0 aliphatic carbocycles. The molecule has 19 heavy (non-hydrogen) atoms. The lowest BCUT2D eigenvalue weighted by Gasteiger charge is -2.13. The molecule has 1 aromatic heterocycles. The average Bonchev–Trinajstić information content (AvgIpc) is 2.89. The molecule has 0 bridgehead atoms. The van der Waals surface area contributed by atoms with Gasteiger partial charge in [0.2, 0.25) is 0 Å². The smallest absolute Gasteiger partial charge is 0.331 e. The van der Waals surface area contributed by atoms with Crippen molar-refractivity contribution in [3.63, 3.8) is 0 Å². The number of nitrogens with two attached hydrogens (primary N) is 1. The number of anilines is 1. The highest BCUT2D eigenvalue weighted by molar-refractivity contribution is 7.10. The minimum absolute atomic E-state index is 0.269. The van der Waals surface area contributed by atoms with Crippen LogP contribution in [0.15, 0.2) is 41.8 Å². The molecule has 0 spiro atoms. The van der Waals surface area contributed by atoms with Gasteiger partial charge in [0.25, 0.3) is 5.91 Å². The third kappa shape index (κ3) is 2.92. The molecule has 1 unspecified atom stereocenters. The van der Waals surface area contributed by atoms with Crippen LogP contribution in [0.25, 0.3) is 0 Å². The van der Waals surface area contributed by atoms with Crippen LogP contribution in [0.4, 0.5) is 5.69 Å². The number of carbonyl (C=O) groups excluding carboxylic acids is 1. The number of benzene rings is 1. The fourth-order valence-electron chi connectivity index (χ4n) is 1.62. The van der Waals surface area contributed by atoms with Gasteiger partial charge in [0.1, 0.15) is 0 Å². The van der Waals surface area contributed by atoms with Gasteiger partial charge < -0.3 is 16.2 Å². The van der Waals surface area contributed by atoms with Crippen molar-refractivity contribution < 1.29 is 14.7 Å². The van der Waals surface area contributed by atoms with Crippen LogP contribution in [0.5, 0.6) is 0 Å². The third-order valence-corrected chi connectivity index (χ3v) is 3.49. The highest BCUT2D eigenvalue weighted by atomic mass is 32.1. The molecule has 1 aromatic carbocycles. The van der Waals surface area contributed by atoms with Crippen molar-refractivity contribution in [3.05, 3.63) is 52.2 Å². The number of carbonyl (C=O) groups is 2. The average molecular weight is 276 g/mol. The molecule has 0 aliphatic heterocycles. The maximum atomic E-state index is 12.0. The minimum Gasteiger partial charge on any atom is -0.479 e. The number of rotatable bonds is 4. The number of hydrogen-bond acceptors (Lipinski definition) is 4. The normalized spacial score (nSPS) is 11.8. The van der Waals surface area contributed by atoms with E-state index in [0.29, 0.717) is 10.6 Å². The second kappa shape index (κ2) is 5.53. The number of amides is 1. The summed E-state index contributed by atoms with van der Waals surface area (Å²) in [7, 11) is 0. The number of carboxylic acid groups (broad SMARTS) is 1. The molecule has 0 aliphatic rings. The highest BCUT2D eigenvalue weighted by Gasteiger charge is 2.24. The molecule has 6 heteroatoms. The Morgan fingerprint density at radius 1 is 1.21 bits per heavy atom. The fourth-order valence-corrected chi connectivity index (χ4v) is 2.39. The van der Waals surface area contributed by atoms with Gasteiger partial charge in [-0.05, 0) is 23.6 Å². The summed E-state index contributed by atoms with van der Waals surface area (Å²) < 4.78 is 0. The van der Waals surface area contributed by atoms with E-state index in [-0.39, 0.29) is 5.56 Å².